The van der Waals surface area contributed by atoms with E-state index in [-0.39, 0.29) is 47.3 Å². The molecule has 0 aromatic carbocycles. The van der Waals surface area contributed by atoms with Crippen LogP contribution in [0.25, 0.3) is 0 Å². The Kier molecular flexibility index (Phi) is 3.03. The highest BCUT2D eigenvalue weighted by Gasteiger charge is 3.00. The van der Waals surface area contributed by atoms with E-state index < -0.39 is 11.2 Å². The summed E-state index contributed by atoms with van der Waals surface area (Å²) in [4.78, 5) is 12.2. The minimum absolute atomic E-state index is 0.0422. The Morgan fingerprint density at radius 3 is 2.83 bits per heavy atom. The molecule has 9 atom stereocenters. The molecule has 7 aliphatic rings. The van der Waals surface area contributed by atoms with Gasteiger partial charge in [0.15, 0.2) is 5.60 Å². The second-order valence-corrected chi connectivity index (χ2v) is 10.5. The van der Waals surface area contributed by atoms with E-state index in [0.717, 1.165) is 24.8 Å². The first-order valence-electron chi connectivity index (χ1n) is 11.1. The second-order valence-electron chi connectivity index (χ2n) is 10.5. The Balaban J connectivity index is 1.36. The Morgan fingerprint density at radius 1 is 1.24 bits per heavy atom. The van der Waals surface area contributed by atoms with Gasteiger partial charge in [-0.25, -0.2) is 4.79 Å². The SMILES string of the molecule is [B]CCO[C@@H]1[C@@]2(C(C)C)O[C@H]2[C@@H]2O[C@]23[C@]12O[C@H]2C[C@H]1C2=C(CC[C@@]13C)C(=O)OC2. The van der Waals surface area contributed by atoms with Crippen LogP contribution in [0.3, 0.4) is 0 Å². The summed E-state index contributed by atoms with van der Waals surface area (Å²) in [5, 5.41) is 0. The van der Waals surface area contributed by atoms with Gasteiger partial charge in [-0.05, 0) is 36.7 Å². The van der Waals surface area contributed by atoms with E-state index in [0.29, 0.717) is 25.5 Å². The maximum atomic E-state index is 12.2. The van der Waals surface area contributed by atoms with E-state index in [4.69, 9.17) is 31.5 Å². The highest BCUT2D eigenvalue weighted by atomic mass is 16.8. The predicted octanol–water partition coefficient (Wildman–Crippen LogP) is 1.71. The van der Waals surface area contributed by atoms with E-state index in [1.165, 1.54) is 5.57 Å². The molecule has 2 spiro atoms. The van der Waals surface area contributed by atoms with E-state index >= 15 is 0 Å². The Bertz CT molecular complexity index is 871. The van der Waals surface area contributed by atoms with Crippen molar-refractivity contribution in [3.8, 4) is 0 Å². The second kappa shape index (κ2) is 4.95. The number of carbonyl (C=O) groups is 1. The lowest BCUT2D eigenvalue weighted by molar-refractivity contribution is -0.136. The van der Waals surface area contributed by atoms with Crippen molar-refractivity contribution in [1.82, 2.24) is 0 Å². The molecule has 0 N–H and O–H groups in total. The molecule has 4 heterocycles. The van der Waals surface area contributed by atoms with E-state index in [1.807, 2.05) is 0 Å². The summed E-state index contributed by atoms with van der Waals surface area (Å²) in [5.74, 6) is 0.436. The van der Waals surface area contributed by atoms with Crippen LogP contribution in [0.1, 0.15) is 40.0 Å². The molecule has 2 saturated carbocycles. The van der Waals surface area contributed by atoms with Gasteiger partial charge in [-0.1, -0.05) is 27.1 Å². The zero-order chi connectivity index (χ0) is 20.0. The molecular formula is C22H27BO6. The van der Waals surface area contributed by atoms with Gasteiger partial charge in [0.2, 0.25) is 0 Å². The molecule has 7 rings (SSSR count). The van der Waals surface area contributed by atoms with E-state index in [2.05, 4.69) is 20.8 Å². The lowest BCUT2D eigenvalue weighted by Crippen LogP contribution is -2.69. The molecule has 3 saturated heterocycles. The molecule has 0 bridgehead atoms. The van der Waals surface area contributed by atoms with Crippen LogP contribution in [0.15, 0.2) is 11.1 Å². The largest absolute Gasteiger partial charge is 0.458 e. The molecule has 0 unspecified atom stereocenters. The summed E-state index contributed by atoms with van der Waals surface area (Å²) in [6.07, 6.45) is 3.03. The van der Waals surface area contributed by atoms with Crippen LogP contribution >= 0.6 is 0 Å². The molecule has 4 aliphatic heterocycles. The van der Waals surface area contributed by atoms with Crippen molar-refractivity contribution >= 4 is 13.8 Å². The molecule has 0 amide bonds. The number of rotatable bonds is 4. The third kappa shape index (κ3) is 1.61. The predicted molar refractivity (Wildman–Crippen MR) is 101 cm³/mol. The molecule has 2 radical (unpaired) electrons. The van der Waals surface area contributed by atoms with Crippen LogP contribution in [-0.2, 0) is 28.5 Å². The quantitative estimate of drug-likeness (QED) is 0.408. The highest BCUT2D eigenvalue weighted by molar-refractivity contribution is 6.08. The van der Waals surface area contributed by atoms with Crippen molar-refractivity contribution in [3.05, 3.63) is 11.1 Å². The van der Waals surface area contributed by atoms with Crippen molar-refractivity contribution in [2.45, 2.75) is 87.6 Å². The van der Waals surface area contributed by atoms with Gasteiger partial charge >= 0.3 is 5.97 Å². The maximum Gasteiger partial charge on any atom is 0.334 e. The molecular weight excluding hydrogens is 371 g/mol. The average Bonchev–Trinajstić information content (AvgIpc) is 3.58. The number of hydrogen-bond acceptors (Lipinski definition) is 6. The molecule has 6 nitrogen and oxygen atoms in total. The number of esters is 1. The number of epoxide rings is 3. The number of carbonyl (C=O) groups excluding carboxylic acids is 1. The standard InChI is InChI=1S/C22H27BO6/c1-10(2)20-15(28-20)16-22(29-16)19(3)5-4-11-12(9-26-17(11)24)13(19)8-14-21(22,27-14)18(20)25-7-6-23/h10,13-16,18H,4-9H2,1-3H3/t13-,14-,15-,16-,18+,19-,20-,21+,22+/m0/s1. The zero-order valence-corrected chi connectivity index (χ0v) is 17.2. The summed E-state index contributed by atoms with van der Waals surface area (Å²) in [6, 6.07) is 0. The summed E-state index contributed by atoms with van der Waals surface area (Å²) < 4.78 is 31.6. The van der Waals surface area contributed by atoms with Gasteiger partial charge in [0.25, 0.3) is 0 Å². The smallest absolute Gasteiger partial charge is 0.334 e. The summed E-state index contributed by atoms with van der Waals surface area (Å²) in [7, 11) is 5.81. The van der Waals surface area contributed by atoms with Crippen LogP contribution < -0.4 is 0 Å². The van der Waals surface area contributed by atoms with Crippen LogP contribution in [0.4, 0.5) is 0 Å². The number of cyclic esters (lactones) is 1. The van der Waals surface area contributed by atoms with Gasteiger partial charge in [-0.3, -0.25) is 0 Å². The van der Waals surface area contributed by atoms with Crippen molar-refractivity contribution < 1.29 is 28.5 Å². The van der Waals surface area contributed by atoms with Gasteiger partial charge < -0.3 is 23.7 Å². The van der Waals surface area contributed by atoms with Gasteiger partial charge in [0.1, 0.15) is 36.1 Å². The van der Waals surface area contributed by atoms with Crippen LogP contribution in [0.2, 0.25) is 6.32 Å². The van der Waals surface area contributed by atoms with Crippen LogP contribution in [0, 0.1) is 17.3 Å². The molecule has 7 heteroatoms. The topological polar surface area (TPSA) is 73.1 Å². The molecule has 5 fully saturated rings. The third-order valence-electron chi connectivity index (χ3n) is 9.47. The highest BCUT2D eigenvalue weighted by Crippen LogP contribution is 2.83. The molecule has 0 aromatic heterocycles. The number of hydrogen-bond donors (Lipinski definition) is 0. The van der Waals surface area contributed by atoms with Gasteiger partial charge in [-0.2, -0.15) is 0 Å². The fourth-order valence-electron chi connectivity index (χ4n) is 8.10. The first kappa shape index (κ1) is 17.8. The fraction of sp³-hybridized carbons (Fsp3) is 0.864. The first-order chi connectivity index (χ1) is 13.9. The Morgan fingerprint density at radius 2 is 2.07 bits per heavy atom. The number of fused-ring (bicyclic) bond motifs is 4. The first-order valence-corrected chi connectivity index (χ1v) is 11.1. The monoisotopic (exact) mass is 398 g/mol. The molecule has 29 heavy (non-hydrogen) atoms. The van der Waals surface area contributed by atoms with E-state index in [1.54, 1.807) is 0 Å². The molecule has 154 valence electrons. The third-order valence-corrected chi connectivity index (χ3v) is 9.47. The van der Waals surface area contributed by atoms with Gasteiger partial charge in [0, 0.05) is 17.6 Å². The zero-order valence-electron chi connectivity index (χ0n) is 17.2. The van der Waals surface area contributed by atoms with Gasteiger partial charge in [0.05, 0.1) is 14.0 Å². The van der Waals surface area contributed by atoms with Crippen LogP contribution in [-0.4, -0.2) is 68.2 Å². The number of ether oxygens (including phenoxy) is 5. The lowest BCUT2D eigenvalue weighted by Gasteiger charge is -2.54. The lowest BCUT2D eigenvalue weighted by atomic mass is 9.46. The minimum Gasteiger partial charge on any atom is -0.458 e. The molecule has 0 aromatic rings. The van der Waals surface area contributed by atoms with E-state index in [9.17, 15) is 4.79 Å². The molecule has 3 aliphatic carbocycles. The van der Waals surface area contributed by atoms with Crippen LogP contribution in [0.5, 0.6) is 0 Å². The average molecular weight is 398 g/mol. The Labute approximate surface area is 172 Å². The minimum atomic E-state index is -0.461. The van der Waals surface area contributed by atoms with Crippen molar-refractivity contribution in [1.29, 1.82) is 0 Å². The summed E-state index contributed by atoms with van der Waals surface area (Å²) >= 11 is 0. The van der Waals surface area contributed by atoms with Crippen molar-refractivity contribution in [2.75, 3.05) is 13.2 Å². The van der Waals surface area contributed by atoms with Crippen molar-refractivity contribution in [3.63, 3.8) is 0 Å². The normalized spacial score (nSPS) is 57.8. The van der Waals surface area contributed by atoms with Crippen molar-refractivity contribution in [2.24, 2.45) is 17.3 Å². The fourth-order valence-corrected chi connectivity index (χ4v) is 8.10. The maximum absolute atomic E-state index is 12.2. The van der Waals surface area contributed by atoms with Gasteiger partial charge in [-0.15, -0.1) is 0 Å². The Hall–Kier alpha value is -0.885. The summed E-state index contributed by atoms with van der Waals surface area (Å²) in [6.45, 7) is 7.67. The summed E-state index contributed by atoms with van der Waals surface area (Å²) in [5.41, 5.74) is 0.765.